The molecule has 0 unspecified atom stereocenters. The maximum absolute atomic E-state index is 5.48. The van der Waals surface area contributed by atoms with Crippen molar-refractivity contribution < 1.29 is 0 Å². The molecule has 3 nitrogen and oxygen atoms in total. The molecule has 0 aliphatic heterocycles. The molecule has 0 aromatic carbocycles. The summed E-state index contributed by atoms with van der Waals surface area (Å²) in [5.41, 5.74) is 1.40. The maximum Gasteiger partial charge on any atom is 0.0815 e. The molecule has 0 aliphatic carbocycles. The van der Waals surface area contributed by atoms with E-state index < -0.39 is 0 Å². The molecule has 0 amide bonds. The Morgan fingerprint density at radius 1 is 1.10 bits per heavy atom. The highest BCUT2D eigenvalue weighted by Crippen LogP contribution is 2.01. The number of halogens is 2. The fourth-order valence-corrected chi connectivity index (χ4v) is 0.779. The molecule has 1 aromatic rings. The Morgan fingerprint density at radius 3 is 2.00 bits per heavy atom. The SMILES string of the molecule is ClCc1cc(CCl)nnn1. The van der Waals surface area contributed by atoms with Gasteiger partial charge in [0, 0.05) is 0 Å². The van der Waals surface area contributed by atoms with Gasteiger partial charge in [0.05, 0.1) is 23.1 Å². The molecular weight excluding hydrogens is 173 g/mol. The monoisotopic (exact) mass is 177 g/mol. The Morgan fingerprint density at radius 2 is 1.60 bits per heavy atom. The fourth-order valence-electron chi connectivity index (χ4n) is 0.518. The van der Waals surface area contributed by atoms with Crippen LogP contribution >= 0.6 is 23.2 Å². The van der Waals surface area contributed by atoms with E-state index in [1.165, 1.54) is 0 Å². The second-order valence-electron chi connectivity index (χ2n) is 1.68. The van der Waals surface area contributed by atoms with E-state index in [0.29, 0.717) is 23.1 Å². The highest BCUT2D eigenvalue weighted by atomic mass is 35.5. The van der Waals surface area contributed by atoms with Gasteiger partial charge in [-0.25, -0.2) is 0 Å². The van der Waals surface area contributed by atoms with Crippen molar-refractivity contribution in [1.82, 2.24) is 15.4 Å². The molecule has 1 aromatic heterocycles. The van der Waals surface area contributed by atoms with Crippen molar-refractivity contribution in [2.75, 3.05) is 0 Å². The summed E-state index contributed by atoms with van der Waals surface area (Å²) >= 11 is 11.0. The van der Waals surface area contributed by atoms with Gasteiger partial charge in [0.1, 0.15) is 0 Å². The van der Waals surface area contributed by atoms with Crippen LogP contribution in [-0.4, -0.2) is 15.4 Å². The van der Waals surface area contributed by atoms with Crippen molar-refractivity contribution in [3.8, 4) is 0 Å². The summed E-state index contributed by atoms with van der Waals surface area (Å²) in [6.07, 6.45) is 0. The zero-order valence-electron chi connectivity index (χ0n) is 5.09. The molecule has 54 valence electrons. The first-order chi connectivity index (χ1) is 4.86. The van der Waals surface area contributed by atoms with Gasteiger partial charge in [0.25, 0.3) is 0 Å². The summed E-state index contributed by atoms with van der Waals surface area (Å²) in [4.78, 5) is 0. The summed E-state index contributed by atoms with van der Waals surface area (Å²) in [6.45, 7) is 0. The molecule has 0 radical (unpaired) electrons. The minimum absolute atomic E-state index is 0.347. The molecule has 1 heterocycles. The number of hydrogen-bond acceptors (Lipinski definition) is 3. The average Bonchev–Trinajstić information content (AvgIpc) is 2.05. The minimum Gasteiger partial charge on any atom is -0.134 e. The molecule has 0 spiro atoms. The largest absolute Gasteiger partial charge is 0.134 e. The summed E-state index contributed by atoms with van der Waals surface area (Å²) in [6, 6.07) is 1.73. The fraction of sp³-hybridized carbons (Fsp3) is 0.400. The van der Waals surface area contributed by atoms with Gasteiger partial charge in [-0.2, -0.15) is 0 Å². The van der Waals surface area contributed by atoms with Crippen LogP contribution < -0.4 is 0 Å². The maximum atomic E-state index is 5.48. The smallest absolute Gasteiger partial charge is 0.0815 e. The predicted molar refractivity (Wildman–Crippen MR) is 38.9 cm³/mol. The lowest BCUT2D eigenvalue weighted by Gasteiger charge is -1.92. The van der Waals surface area contributed by atoms with Gasteiger partial charge in [0.15, 0.2) is 0 Å². The first kappa shape index (κ1) is 7.69. The minimum atomic E-state index is 0.347. The molecule has 10 heavy (non-hydrogen) atoms. The third-order valence-corrected chi connectivity index (χ3v) is 1.50. The third-order valence-electron chi connectivity index (χ3n) is 0.953. The lowest BCUT2D eigenvalue weighted by Crippen LogP contribution is -1.96. The zero-order valence-corrected chi connectivity index (χ0v) is 6.60. The van der Waals surface area contributed by atoms with Crippen molar-refractivity contribution in [3.05, 3.63) is 17.5 Å². The van der Waals surface area contributed by atoms with Crippen LogP contribution in [0, 0.1) is 0 Å². The number of alkyl halides is 2. The molecule has 0 atom stereocenters. The van der Waals surface area contributed by atoms with Crippen molar-refractivity contribution in [2.45, 2.75) is 11.8 Å². The standard InChI is InChI=1S/C5H5Cl2N3/c6-2-4-1-5(3-7)9-10-8-4/h1H,2-3H2. The average molecular weight is 178 g/mol. The molecule has 0 aliphatic rings. The van der Waals surface area contributed by atoms with E-state index in [-0.39, 0.29) is 0 Å². The Bertz CT molecular complexity index is 197. The first-order valence-electron chi connectivity index (χ1n) is 2.67. The molecule has 0 N–H and O–H groups in total. The van der Waals surface area contributed by atoms with E-state index in [0.717, 1.165) is 0 Å². The Balaban J connectivity index is 2.87. The van der Waals surface area contributed by atoms with Crippen LogP contribution in [0.25, 0.3) is 0 Å². The summed E-state index contributed by atoms with van der Waals surface area (Å²) < 4.78 is 0. The zero-order chi connectivity index (χ0) is 7.40. The number of aromatic nitrogens is 3. The molecule has 0 fully saturated rings. The lowest BCUT2D eigenvalue weighted by atomic mass is 10.4. The van der Waals surface area contributed by atoms with Gasteiger partial charge in [-0.3, -0.25) is 0 Å². The van der Waals surface area contributed by atoms with Gasteiger partial charge in [-0.05, 0) is 11.3 Å². The van der Waals surface area contributed by atoms with Gasteiger partial charge < -0.3 is 0 Å². The van der Waals surface area contributed by atoms with E-state index in [9.17, 15) is 0 Å². The van der Waals surface area contributed by atoms with Gasteiger partial charge in [-0.15, -0.1) is 33.4 Å². The predicted octanol–water partition coefficient (Wildman–Crippen LogP) is 1.35. The second-order valence-corrected chi connectivity index (χ2v) is 2.22. The Labute approximate surface area is 68.4 Å². The first-order valence-corrected chi connectivity index (χ1v) is 3.74. The van der Waals surface area contributed by atoms with Gasteiger partial charge >= 0.3 is 0 Å². The number of hydrogen-bond donors (Lipinski definition) is 0. The van der Waals surface area contributed by atoms with E-state index in [1.54, 1.807) is 6.07 Å². The van der Waals surface area contributed by atoms with E-state index in [4.69, 9.17) is 23.2 Å². The van der Waals surface area contributed by atoms with Crippen LogP contribution in [0.2, 0.25) is 0 Å². The van der Waals surface area contributed by atoms with Crippen LogP contribution in [0.1, 0.15) is 11.4 Å². The Hall–Kier alpha value is -0.410. The number of rotatable bonds is 2. The summed E-state index contributed by atoms with van der Waals surface area (Å²) in [7, 11) is 0. The number of nitrogens with zero attached hydrogens (tertiary/aromatic N) is 3. The molecular formula is C5H5Cl2N3. The van der Waals surface area contributed by atoms with Crippen molar-refractivity contribution in [2.24, 2.45) is 0 Å². The van der Waals surface area contributed by atoms with Crippen molar-refractivity contribution >= 4 is 23.2 Å². The van der Waals surface area contributed by atoms with E-state index in [1.807, 2.05) is 0 Å². The van der Waals surface area contributed by atoms with E-state index in [2.05, 4.69) is 15.4 Å². The topological polar surface area (TPSA) is 38.7 Å². The normalized spacial score (nSPS) is 9.80. The summed E-state index contributed by atoms with van der Waals surface area (Å²) in [5, 5.41) is 10.8. The summed E-state index contributed by atoms with van der Waals surface area (Å²) in [5.74, 6) is 0.693. The molecule has 0 bridgehead atoms. The van der Waals surface area contributed by atoms with Crippen LogP contribution in [0.15, 0.2) is 6.07 Å². The van der Waals surface area contributed by atoms with Crippen LogP contribution in [0.3, 0.4) is 0 Å². The molecule has 0 saturated carbocycles. The second kappa shape index (κ2) is 3.68. The van der Waals surface area contributed by atoms with Crippen LogP contribution in [-0.2, 0) is 11.8 Å². The van der Waals surface area contributed by atoms with Crippen molar-refractivity contribution in [3.63, 3.8) is 0 Å². The van der Waals surface area contributed by atoms with E-state index >= 15 is 0 Å². The highest BCUT2D eigenvalue weighted by Gasteiger charge is 1.95. The molecule has 1 rings (SSSR count). The Kier molecular flexibility index (Phi) is 2.83. The van der Waals surface area contributed by atoms with Crippen LogP contribution in [0.5, 0.6) is 0 Å². The quantitative estimate of drug-likeness (QED) is 0.641. The van der Waals surface area contributed by atoms with Crippen LogP contribution in [0.4, 0.5) is 0 Å². The lowest BCUT2D eigenvalue weighted by molar-refractivity contribution is 0.806. The van der Waals surface area contributed by atoms with Crippen molar-refractivity contribution in [1.29, 1.82) is 0 Å². The van der Waals surface area contributed by atoms with Gasteiger partial charge in [0.2, 0.25) is 0 Å². The highest BCUT2D eigenvalue weighted by molar-refractivity contribution is 6.17. The third kappa shape index (κ3) is 1.78. The molecule has 0 saturated heterocycles. The van der Waals surface area contributed by atoms with Gasteiger partial charge in [-0.1, -0.05) is 0 Å². The molecule has 5 heteroatoms.